The van der Waals surface area contributed by atoms with E-state index in [9.17, 15) is 29.6 Å². The van der Waals surface area contributed by atoms with Gasteiger partial charge in [0.05, 0.1) is 16.6 Å². The molecule has 2 atom stereocenters. The van der Waals surface area contributed by atoms with Crippen molar-refractivity contribution in [1.29, 1.82) is 0 Å². The molecule has 1 aromatic rings. The van der Waals surface area contributed by atoms with Gasteiger partial charge in [0, 0.05) is 12.8 Å². The van der Waals surface area contributed by atoms with E-state index in [1.54, 1.807) is 6.92 Å². The number of nitrogens with one attached hydrogen (secondary N) is 1. The van der Waals surface area contributed by atoms with Crippen LogP contribution in [0.4, 0.5) is 5.69 Å². The zero-order valence-electron chi connectivity index (χ0n) is 13.1. The number of aromatic nitrogens is 2. The largest absolute Gasteiger partial charge is 0.543 e. The molecule has 3 heterocycles. The fourth-order valence-corrected chi connectivity index (χ4v) is 4.04. The number of amides is 2. The summed E-state index contributed by atoms with van der Waals surface area (Å²) >= 11 is 1.29. The highest BCUT2D eigenvalue weighted by Gasteiger charge is 2.52. The van der Waals surface area contributed by atoms with Crippen LogP contribution in [-0.2, 0) is 16.6 Å². The van der Waals surface area contributed by atoms with Gasteiger partial charge in [-0.05, 0) is 12.5 Å². The molecule has 25 heavy (non-hydrogen) atoms. The molecular weight excluding hydrogens is 354 g/mol. The molecule has 2 aliphatic rings. The highest BCUT2D eigenvalue weighted by atomic mass is 32.2. The molecular formula is C13H12N5O6S-. The van der Waals surface area contributed by atoms with Crippen molar-refractivity contribution >= 4 is 35.2 Å². The monoisotopic (exact) mass is 366 g/mol. The van der Waals surface area contributed by atoms with E-state index >= 15 is 0 Å². The summed E-state index contributed by atoms with van der Waals surface area (Å²) in [6.45, 7) is 1.59. The van der Waals surface area contributed by atoms with E-state index in [0.717, 1.165) is 15.8 Å². The van der Waals surface area contributed by atoms with Gasteiger partial charge in [-0.1, -0.05) is 0 Å². The molecule has 0 radical (unpaired) electrons. The van der Waals surface area contributed by atoms with Crippen LogP contribution in [0.2, 0.25) is 0 Å². The average Bonchev–Trinajstić information content (AvgIpc) is 2.94. The second-order valence-corrected chi connectivity index (χ2v) is 6.68. The lowest BCUT2D eigenvalue weighted by atomic mass is 10.0. The molecule has 1 aromatic heterocycles. The zero-order chi connectivity index (χ0) is 18.5. The van der Waals surface area contributed by atoms with Gasteiger partial charge in [0.2, 0.25) is 5.69 Å². The van der Waals surface area contributed by atoms with E-state index in [1.807, 2.05) is 0 Å². The summed E-state index contributed by atoms with van der Waals surface area (Å²) in [5.74, 6) is -2.57. The van der Waals surface area contributed by atoms with E-state index in [4.69, 9.17) is 0 Å². The van der Waals surface area contributed by atoms with Gasteiger partial charge < -0.3 is 15.2 Å². The highest BCUT2D eigenvalue weighted by molar-refractivity contribution is 8.00. The molecule has 0 aromatic carbocycles. The topological polar surface area (TPSA) is 150 Å². The van der Waals surface area contributed by atoms with Crippen LogP contribution in [0.15, 0.2) is 17.5 Å². The van der Waals surface area contributed by atoms with E-state index in [2.05, 4.69) is 10.4 Å². The highest BCUT2D eigenvalue weighted by Crippen LogP contribution is 2.40. The lowest BCUT2D eigenvalue weighted by Crippen LogP contribution is -2.71. The SMILES string of the molecule is CC1=C(C(=O)[O-])N2C(=O)C(NC(=O)c3nn(C)cc3[N+](=O)[O-])C2SC1. The van der Waals surface area contributed by atoms with Gasteiger partial charge in [-0.3, -0.25) is 29.3 Å². The van der Waals surface area contributed by atoms with Crippen molar-refractivity contribution in [2.45, 2.75) is 18.3 Å². The average molecular weight is 366 g/mol. The Labute approximate surface area is 144 Å². The van der Waals surface area contributed by atoms with Crippen LogP contribution in [-0.4, -0.2) is 54.6 Å². The van der Waals surface area contributed by atoms with Crippen LogP contribution in [0.5, 0.6) is 0 Å². The van der Waals surface area contributed by atoms with E-state index in [-0.39, 0.29) is 5.70 Å². The molecule has 3 rings (SSSR count). The van der Waals surface area contributed by atoms with Gasteiger partial charge in [-0.25, -0.2) is 0 Å². The number of carboxylic acids is 1. The maximum Gasteiger partial charge on any atom is 0.320 e. The minimum atomic E-state index is -1.46. The van der Waals surface area contributed by atoms with E-state index in [1.165, 1.54) is 18.8 Å². The molecule has 1 N–H and O–H groups in total. The first-order valence-corrected chi connectivity index (χ1v) is 8.12. The van der Waals surface area contributed by atoms with Crippen LogP contribution < -0.4 is 10.4 Å². The molecule has 2 unspecified atom stereocenters. The van der Waals surface area contributed by atoms with Crippen LogP contribution in [0.1, 0.15) is 17.4 Å². The van der Waals surface area contributed by atoms with Gasteiger partial charge >= 0.3 is 5.69 Å². The van der Waals surface area contributed by atoms with Gasteiger partial charge in [0.1, 0.15) is 17.6 Å². The summed E-state index contributed by atoms with van der Waals surface area (Å²) in [6.07, 6.45) is 1.08. The van der Waals surface area contributed by atoms with E-state index < -0.39 is 45.5 Å². The first kappa shape index (κ1) is 17.0. The molecule has 1 fully saturated rings. The Morgan fingerprint density at radius 2 is 2.16 bits per heavy atom. The van der Waals surface area contributed by atoms with Crippen LogP contribution >= 0.6 is 11.8 Å². The number of fused-ring (bicyclic) bond motifs is 1. The summed E-state index contributed by atoms with van der Waals surface area (Å²) in [4.78, 5) is 47.1. The fraction of sp³-hybridized carbons (Fsp3) is 0.385. The Morgan fingerprint density at radius 1 is 1.48 bits per heavy atom. The van der Waals surface area contributed by atoms with Crippen molar-refractivity contribution in [3.05, 3.63) is 33.3 Å². The molecule has 0 bridgehead atoms. The molecule has 12 heteroatoms. The first-order valence-electron chi connectivity index (χ1n) is 7.07. The molecule has 11 nitrogen and oxygen atoms in total. The number of carbonyl (C=O) groups is 3. The third-order valence-corrected chi connectivity index (χ3v) is 5.28. The lowest BCUT2D eigenvalue weighted by Gasteiger charge is -2.50. The van der Waals surface area contributed by atoms with Crippen LogP contribution in [0.25, 0.3) is 0 Å². The standard InChI is InChI=1S/C13H13N5O6S/c1-5-4-25-12-8(11(20)17(12)9(5)13(21)22)14-10(19)7-6(18(23)24)3-16(2)15-7/h3,8,12H,4H2,1-2H3,(H,14,19)(H,21,22)/p-1. The van der Waals surface area contributed by atoms with Crippen molar-refractivity contribution in [2.75, 3.05) is 5.75 Å². The minimum Gasteiger partial charge on any atom is -0.543 e. The molecule has 0 spiro atoms. The Hall–Kier alpha value is -2.89. The molecule has 0 saturated carbocycles. The van der Waals surface area contributed by atoms with E-state index in [0.29, 0.717) is 11.3 Å². The van der Waals surface area contributed by atoms with Crippen LogP contribution in [0, 0.1) is 10.1 Å². The number of carbonyl (C=O) groups excluding carboxylic acids is 3. The number of hydrogen-bond donors (Lipinski definition) is 1. The quantitative estimate of drug-likeness (QED) is 0.379. The number of thioether (sulfide) groups is 1. The Kier molecular flexibility index (Phi) is 3.99. The summed E-state index contributed by atoms with van der Waals surface area (Å²) in [5.41, 5.74) is -0.583. The summed E-state index contributed by atoms with van der Waals surface area (Å²) < 4.78 is 1.12. The Balaban J connectivity index is 1.80. The number of nitrogens with zero attached hydrogens (tertiary/aromatic N) is 4. The summed E-state index contributed by atoms with van der Waals surface area (Å²) in [7, 11) is 1.43. The third-order valence-electron chi connectivity index (χ3n) is 3.86. The molecule has 0 aliphatic carbocycles. The maximum absolute atomic E-state index is 12.3. The Morgan fingerprint density at radius 3 is 2.76 bits per heavy atom. The van der Waals surface area contributed by atoms with Crippen molar-refractivity contribution in [3.8, 4) is 0 Å². The fourth-order valence-electron chi connectivity index (χ4n) is 2.74. The number of carboxylic acid groups (broad SMARTS) is 1. The number of aliphatic carboxylic acids is 1. The molecule has 132 valence electrons. The maximum atomic E-state index is 12.3. The molecule has 2 amide bonds. The number of aryl methyl sites for hydroxylation is 1. The minimum absolute atomic E-state index is 0.192. The third kappa shape index (κ3) is 2.63. The normalized spacial score (nSPS) is 22.3. The van der Waals surface area contributed by atoms with Crippen molar-refractivity contribution in [1.82, 2.24) is 20.0 Å². The number of rotatable bonds is 4. The predicted octanol–water partition coefficient (Wildman–Crippen LogP) is -1.63. The summed E-state index contributed by atoms with van der Waals surface area (Å²) in [6, 6.07) is -0.985. The number of nitro groups is 1. The number of hydrogen-bond acceptors (Lipinski definition) is 8. The second-order valence-electron chi connectivity index (χ2n) is 5.57. The van der Waals surface area contributed by atoms with Gasteiger partial charge in [-0.15, -0.1) is 11.8 Å². The first-order chi connectivity index (χ1) is 11.7. The van der Waals surface area contributed by atoms with Crippen molar-refractivity contribution in [2.24, 2.45) is 7.05 Å². The van der Waals surface area contributed by atoms with Gasteiger partial charge in [0.25, 0.3) is 11.8 Å². The van der Waals surface area contributed by atoms with Gasteiger partial charge in [-0.2, -0.15) is 5.10 Å². The predicted molar refractivity (Wildman–Crippen MR) is 81.9 cm³/mol. The van der Waals surface area contributed by atoms with Crippen molar-refractivity contribution in [3.63, 3.8) is 0 Å². The molecule has 2 aliphatic heterocycles. The Bertz CT molecular complexity index is 846. The smallest absolute Gasteiger partial charge is 0.320 e. The van der Waals surface area contributed by atoms with Crippen molar-refractivity contribution < 1.29 is 24.4 Å². The summed E-state index contributed by atoms with van der Waals surface area (Å²) in [5, 5.41) is 27.7. The lowest BCUT2D eigenvalue weighted by molar-refractivity contribution is -0.385. The number of β-lactam (4-membered cyclic amide) rings is 1. The van der Waals surface area contributed by atoms with Crippen LogP contribution in [0.3, 0.4) is 0 Å². The zero-order valence-corrected chi connectivity index (χ0v) is 13.9. The molecule has 1 saturated heterocycles. The second kappa shape index (κ2) is 5.88. The van der Waals surface area contributed by atoms with Gasteiger partial charge in [0.15, 0.2) is 0 Å².